The van der Waals surface area contributed by atoms with Crippen molar-refractivity contribution in [2.24, 2.45) is 5.73 Å². The topological polar surface area (TPSA) is 63.8 Å². The van der Waals surface area contributed by atoms with Gasteiger partial charge >= 0.3 is 0 Å². The maximum atomic E-state index is 5.62. The number of anilines is 1. The molecule has 17 heavy (non-hydrogen) atoms. The average Bonchev–Trinajstić information content (AvgIpc) is 2.38. The highest BCUT2D eigenvalue weighted by molar-refractivity contribution is 7.80. The first-order valence-electron chi connectivity index (χ1n) is 5.15. The van der Waals surface area contributed by atoms with Gasteiger partial charge in [-0.3, -0.25) is 4.98 Å². The van der Waals surface area contributed by atoms with Crippen molar-refractivity contribution in [3.63, 3.8) is 0 Å². The molecule has 0 atom stereocenters. The molecule has 2 aromatic heterocycles. The molecule has 0 aliphatic heterocycles. The van der Waals surface area contributed by atoms with Gasteiger partial charge in [-0.05, 0) is 23.8 Å². The van der Waals surface area contributed by atoms with E-state index in [9.17, 15) is 0 Å². The zero-order valence-corrected chi connectivity index (χ0v) is 9.95. The molecule has 0 aliphatic carbocycles. The van der Waals surface area contributed by atoms with Gasteiger partial charge in [0.2, 0.25) is 0 Å². The highest BCUT2D eigenvalue weighted by Gasteiger charge is 2.04. The molecular formula is C12H12N4S. The molecule has 0 spiro atoms. The van der Waals surface area contributed by atoms with Crippen molar-refractivity contribution in [2.45, 2.75) is 6.54 Å². The van der Waals surface area contributed by atoms with Crippen molar-refractivity contribution in [1.82, 2.24) is 9.97 Å². The Hall–Kier alpha value is -2.01. The summed E-state index contributed by atoms with van der Waals surface area (Å²) >= 11 is 4.97. The first-order chi connectivity index (χ1) is 8.27. The average molecular weight is 244 g/mol. The first kappa shape index (κ1) is 11.5. The second kappa shape index (κ2) is 5.36. The molecule has 86 valence electrons. The largest absolute Gasteiger partial charge is 0.389 e. The van der Waals surface area contributed by atoms with Crippen molar-refractivity contribution in [1.29, 1.82) is 0 Å². The molecule has 0 unspecified atom stereocenters. The third kappa shape index (κ3) is 2.98. The number of hydrogen-bond acceptors (Lipinski definition) is 4. The summed E-state index contributed by atoms with van der Waals surface area (Å²) in [5.41, 5.74) is 7.45. The van der Waals surface area contributed by atoms with Gasteiger partial charge in [0.1, 0.15) is 10.8 Å². The van der Waals surface area contributed by atoms with Crippen LogP contribution in [-0.2, 0) is 6.54 Å². The quantitative estimate of drug-likeness (QED) is 0.802. The molecule has 0 aromatic carbocycles. The molecule has 0 radical (unpaired) electrons. The van der Waals surface area contributed by atoms with Gasteiger partial charge in [0.05, 0.1) is 5.56 Å². The van der Waals surface area contributed by atoms with Crippen molar-refractivity contribution < 1.29 is 0 Å². The standard InChI is InChI=1S/C12H12N4S/c13-11(17)10-4-2-6-15-12(10)16-8-9-3-1-5-14-7-9/h1-7H,8H2,(H2,13,17)(H,15,16). The van der Waals surface area contributed by atoms with Crippen molar-refractivity contribution in [2.75, 3.05) is 5.32 Å². The summed E-state index contributed by atoms with van der Waals surface area (Å²) < 4.78 is 0. The molecular weight excluding hydrogens is 232 g/mol. The summed E-state index contributed by atoms with van der Waals surface area (Å²) in [5.74, 6) is 0.698. The second-order valence-electron chi connectivity index (χ2n) is 3.48. The maximum absolute atomic E-state index is 5.62. The molecule has 4 nitrogen and oxygen atoms in total. The molecule has 3 N–H and O–H groups in total. The van der Waals surface area contributed by atoms with E-state index >= 15 is 0 Å². The Balaban J connectivity index is 2.12. The Morgan fingerprint density at radius 3 is 2.82 bits per heavy atom. The summed E-state index contributed by atoms with van der Waals surface area (Å²) in [6, 6.07) is 7.54. The zero-order valence-electron chi connectivity index (χ0n) is 9.13. The molecule has 5 heteroatoms. The van der Waals surface area contributed by atoms with E-state index in [2.05, 4.69) is 15.3 Å². The van der Waals surface area contributed by atoms with Crippen LogP contribution >= 0.6 is 12.2 Å². The van der Waals surface area contributed by atoms with E-state index in [-0.39, 0.29) is 0 Å². The Kier molecular flexibility index (Phi) is 3.62. The minimum Gasteiger partial charge on any atom is -0.389 e. The van der Waals surface area contributed by atoms with E-state index in [4.69, 9.17) is 18.0 Å². The van der Waals surface area contributed by atoms with Gasteiger partial charge in [0.15, 0.2) is 0 Å². The van der Waals surface area contributed by atoms with Crippen molar-refractivity contribution >= 4 is 23.0 Å². The fourth-order valence-corrected chi connectivity index (χ4v) is 1.60. The van der Waals surface area contributed by atoms with Crippen LogP contribution in [0, 0.1) is 0 Å². The van der Waals surface area contributed by atoms with Gasteiger partial charge < -0.3 is 11.1 Å². The number of aromatic nitrogens is 2. The lowest BCUT2D eigenvalue weighted by atomic mass is 10.2. The van der Waals surface area contributed by atoms with Crippen LogP contribution < -0.4 is 11.1 Å². The van der Waals surface area contributed by atoms with Gasteiger partial charge in [-0.25, -0.2) is 4.98 Å². The van der Waals surface area contributed by atoms with Gasteiger partial charge in [0, 0.05) is 25.1 Å². The van der Waals surface area contributed by atoms with Gasteiger partial charge in [-0.1, -0.05) is 18.3 Å². The summed E-state index contributed by atoms with van der Waals surface area (Å²) in [4.78, 5) is 8.60. The summed E-state index contributed by atoms with van der Waals surface area (Å²) in [5, 5.41) is 3.19. The van der Waals surface area contributed by atoms with E-state index in [0.29, 0.717) is 17.4 Å². The maximum Gasteiger partial charge on any atom is 0.136 e. The number of pyridine rings is 2. The highest BCUT2D eigenvalue weighted by atomic mass is 32.1. The molecule has 0 bridgehead atoms. The number of nitrogens with two attached hydrogens (primary N) is 1. The Morgan fingerprint density at radius 1 is 1.29 bits per heavy atom. The van der Waals surface area contributed by atoms with E-state index < -0.39 is 0 Å². The molecule has 2 aromatic rings. The predicted octanol–water partition coefficient (Wildman–Crippen LogP) is 1.72. The lowest BCUT2D eigenvalue weighted by Crippen LogP contribution is -2.14. The Labute approximate surface area is 105 Å². The van der Waals surface area contributed by atoms with E-state index in [1.165, 1.54) is 0 Å². The third-order valence-electron chi connectivity index (χ3n) is 2.26. The molecule has 2 rings (SSSR count). The highest BCUT2D eigenvalue weighted by Crippen LogP contribution is 2.12. The molecule has 0 saturated carbocycles. The Morgan fingerprint density at radius 2 is 2.12 bits per heavy atom. The number of nitrogens with zero attached hydrogens (tertiary/aromatic N) is 2. The third-order valence-corrected chi connectivity index (χ3v) is 2.48. The minimum atomic E-state index is 0.340. The lowest BCUT2D eigenvalue weighted by Gasteiger charge is -2.09. The zero-order chi connectivity index (χ0) is 12.1. The fourth-order valence-electron chi connectivity index (χ4n) is 1.43. The van der Waals surface area contributed by atoms with Crippen LogP contribution in [0.5, 0.6) is 0 Å². The van der Waals surface area contributed by atoms with Crippen LogP contribution in [0.3, 0.4) is 0 Å². The minimum absolute atomic E-state index is 0.340. The number of hydrogen-bond donors (Lipinski definition) is 2. The van der Waals surface area contributed by atoms with Crippen LogP contribution in [0.2, 0.25) is 0 Å². The second-order valence-corrected chi connectivity index (χ2v) is 3.92. The van der Waals surface area contributed by atoms with Crippen molar-refractivity contribution in [3.8, 4) is 0 Å². The number of thiocarbonyl (C=S) groups is 1. The van der Waals surface area contributed by atoms with Gasteiger partial charge in [-0.2, -0.15) is 0 Å². The molecule has 0 fully saturated rings. The summed E-state index contributed by atoms with van der Waals surface area (Å²) in [7, 11) is 0. The fraction of sp³-hybridized carbons (Fsp3) is 0.0833. The van der Waals surface area contributed by atoms with Crippen LogP contribution in [0.1, 0.15) is 11.1 Å². The summed E-state index contributed by atoms with van der Waals surface area (Å²) in [6.45, 7) is 0.639. The van der Waals surface area contributed by atoms with Crippen LogP contribution in [0.4, 0.5) is 5.82 Å². The SMILES string of the molecule is NC(=S)c1cccnc1NCc1cccnc1. The smallest absolute Gasteiger partial charge is 0.136 e. The molecule has 2 heterocycles. The lowest BCUT2D eigenvalue weighted by molar-refractivity contribution is 1.08. The summed E-state index contributed by atoms with van der Waals surface area (Å²) in [6.07, 6.45) is 5.24. The predicted molar refractivity (Wildman–Crippen MR) is 71.7 cm³/mol. The normalized spacial score (nSPS) is 9.88. The van der Waals surface area contributed by atoms with Crippen LogP contribution in [0.15, 0.2) is 42.9 Å². The monoisotopic (exact) mass is 244 g/mol. The number of rotatable bonds is 4. The van der Waals surface area contributed by atoms with E-state index in [1.807, 2.05) is 24.3 Å². The first-order valence-corrected chi connectivity index (χ1v) is 5.56. The molecule has 0 aliphatic rings. The van der Waals surface area contributed by atoms with Crippen molar-refractivity contribution in [3.05, 3.63) is 54.0 Å². The van der Waals surface area contributed by atoms with Gasteiger partial charge in [-0.15, -0.1) is 0 Å². The van der Waals surface area contributed by atoms with Crippen LogP contribution in [0.25, 0.3) is 0 Å². The molecule has 0 amide bonds. The van der Waals surface area contributed by atoms with E-state index in [1.54, 1.807) is 18.6 Å². The van der Waals surface area contributed by atoms with E-state index in [0.717, 1.165) is 11.1 Å². The van der Waals surface area contributed by atoms with Gasteiger partial charge in [0.25, 0.3) is 0 Å². The molecule has 0 saturated heterocycles. The Bertz CT molecular complexity index is 513. The van der Waals surface area contributed by atoms with Crippen LogP contribution in [-0.4, -0.2) is 15.0 Å². The number of nitrogens with one attached hydrogen (secondary N) is 1.